The van der Waals surface area contributed by atoms with Crippen molar-refractivity contribution in [2.45, 2.75) is 0 Å². The van der Waals surface area contributed by atoms with E-state index in [4.69, 9.17) is 23.2 Å². The summed E-state index contributed by atoms with van der Waals surface area (Å²) < 4.78 is 1.37. The van der Waals surface area contributed by atoms with Crippen LogP contribution in [0.15, 0.2) is 97.2 Å². The largest absolute Gasteiger partial charge is 0.478 e. The molecule has 0 aliphatic carbocycles. The molecule has 1 heterocycles. The third kappa shape index (κ3) is 5.16. The van der Waals surface area contributed by atoms with Gasteiger partial charge in [-0.25, -0.2) is 9.48 Å². The van der Waals surface area contributed by atoms with Gasteiger partial charge in [-0.2, -0.15) is 0 Å². The summed E-state index contributed by atoms with van der Waals surface area (Å²) in [6.45, 7) is 0. The van der Waals surface area contributed by atoms with E-state index in [-0.39, 0.29) is 22.6 Å². The number of ketones is 1. The number of benzene rings is 4. The maximum atomic E-state index is 13.2. The standard InChI is InChI=1S/C29H20Cl2N4O3/c1-34(24-12-8-21(30)9-13-24)23-10-5-18(6-11-23)28(36)20-7-14-27(25(16-20)29(37)38)35-17-26(32-33-35)19-3-2-4-22(31)15-19/h2-17H,1H3,(H,37,38). The summed E-state index contributed by atoms with van der Waals surface area (Å²) in [4.78, 5) is 27.3. The van der Waals surface area contributed by atoms with Crippen molar-refractivity contribution in [1.82, 2.24) is 15.0 Å². The number of rotatable bonds is 7. The van der Waals surface area contributed by atoms with Gasteiger partial charge in [0.2, 0.25) is 0 Å². The minimum atomic E-state index is -1.19. The molecule has 4 aromatic carbocycles. The van der Waals surface area contributed by atoms with E-state index < -0.39 is 5.97 Å². The third-order valence-electron chi connectivity index (χ3n) is 6.08. The summed E-state index contributed by atoms with van der Waals surface area (Å²) in [5, 5.41) is 19.3. The number of carboxylic acid groups (broad SMARTS) is 1. The van der Waals surface area contributed by atoms with E-state index in [1.54, 1.807) is 48.7 Å². The highest BCUT2D eigenvalue weighted by atomic mass is 35.5. The molecule has 7 nitrogen and oxygen atoms in total. The zero-order valence-corrected chi connectivity index (χ0v) is 21.6. The fraction of sp³-hybridized carbons (Fsp3) is 0.0345. The van der Waals surface area contributed by atoms with Crippen LogP contribution in [0.3, 0.4) is 0 Å². The highest BCUT2D eigenvalue weighted by molar-refractivity contribution is 6.31. The van der Waals surface area contributed by atoms with Crippen LogP contribution in [-0.4, -0.2) is 38.9 Å². The number of aromatic carboxylic acids is 1. The molecule has 0 aliphatic heterocycles. The van der Waals surface area contributed by atoms with Gasteiger partial charge in [0.15, 0.2) is 5.78 Å². The third-order valence-corrected chi connectivity index (χ3v) is 6.57. The molecular weight excluding hydrogens is 523 g/mol. The predicted molar refractivity (Wildman–Crippen MR) is 148 cm³/mol. The molecule has 1 aromatic heterocycles. The Morgan fingerprint density at radius 2 is 1.47 bits per heavy atom. The molecule has 0 radical (unpaired) electrons. The van der Waals surface area contributed by atoms with Gasteiger partial charge in [-0.05, 0) is 78.9 Å². The van der Waals surface area contributed by atoms with Crippen LogP contribution in [0.4, 0.5) is 11.4 Å². The maximum Gasteiger partial charge on any atom is 0.337 e. The summed E-state index contributed by atoms with van der Waals surface area (Å²) in [5.74, 6) is -1.48. The van der Waals surface area contributed by atoms with Gasteiger partial charge in [-0.15, -0.1) is 5.10 Å². The van der Waals surface area contributed by atoms with E-state index in [1.165, 1.54) is 10.7 Å². The molecule has 38 heavy (non-hydrogen) atoms. The summed E-state index contributed by atoms with van der Waals surface area (Å²) >= 11 is 12.0. The first-order valence-corrected chi connectivity index (χ1v) is 12.3. The molecule has 0 bridgehead atoms. The summed E-state index contributed by atoms with van der Waals surface area (Å²) in [7, 11) is 1.92. The zero-order chi connectivity index (χ0) is 26.8. The highest BCUT2D eigenvalue weighted by Crippen LogP contribution is 2.27. The average molecular weight is 543 g/mol. The number of halogens is 2. The van der Waals surface area contributed by atoms with Gasteiger partial charge >= 0.3 is 5.97 Å². The lowest BCUT2D eigenvalue weighted by atomic mass is 10.00. The van der Waals surface area contributed by atoms with Gasteiger partial charge in [-0.3, -0.25) is 4.79 Å². The summed E-state index contributed by atoms with van der Waals surface area (Å²) in [5.41, 5.74) is 4.01. The minimum absolute atomic E-state index is 0.0718. The first-order valence-electron chi connectivity index (χ1n) is 11.5. The number of carbonyl (C=O) groups is 2. The molecule has 0 atom stereocenters. The fourth-order valence-electron chi connectivity index (χ4n) is 4.03. The number of hydrogen-bond donors (Lipinski definition) is 1. The van der Waals surface area contributed by atoms with E-state index in [1.807, 2.05) is 54.4 Å². The molecule has 1 N–H and O–H groups in total. The Labute approximate surface area is 228 Å². The van der Waals surface area contributed by atoms with Crippen molar-refractivity contribution in [2.75, 3.05) is 11.9 Å². The van der Waals surface area contributed by atoms with Crippen LogP contribution in [0, 0.1) is 0 Å². The normalized spacial score (nSPS) is 10.8. The molecule has 0 fully saturated rings. The first-order chi connectivity index (χ1) is 18.3. The van der Waals surface area contributed by atoms with Crippen molar-refractivity contribution < 1.29 is 14.7 Å². The quantitative estimate of drug-likeness (QED) is 0.224. The van der Waals surface area contributed by atoms with Gasteiger partial charge in [0.1, 0.15) is 5.69 Å². The highest BCUT2D eigenvalue weighted by Gasteiger charge is 2.19. The van der Waals surface area contributed by atoms with E-state index in [0.717, 1.165) is 16.9 Å². The van der Waals surface area contributed by atoms with Gasteiger partial charge < -0.3 is 10.0 Å². The molecule has 0 unspecified atom stereocenters. The van der Waals surface area contributed by atoms with Gasteiger partial charge in [0.05, 0.1) is 17.4 Å². The average Bonchev–Trinajstić information content (AvgIpc) is 3.43. The van der Waals surface area contributed by atoms with Gasteiger partial charge in [0.25, 0.3) is 0 Å². The first kappa shape index (κ1) is 25.2. The summed E-state index contributed by atoms with van der Waals surface area (Å²) in [6, 6.07) is 26.1. The van der Waals surface area contributed by atoms with Gasteiger partial charge in [0, 0.05) is 45.2 Å². The number of hydrogen-bond acceptors (Lipinski definition) is 5. The Morgan fingerprint density at radius 1 is 0.816 bits per heavy atom. The smallest absolute Gasteiger partial charge is 0.337 e. The van der Waals surface area contributed by atoms with E-state index >= 15 is 0 Å². The molecule has 0 saturated carbocycles. The lowest BCUT2D eigenvalue weighted by Crippen LogP contribution is -2.11. The zero-order valence-electron chi connectivity index (χ0n) is 20.0. The van der Waals surface area contributed by atoms with Crippen molar-refractivity contribution in [1.29, 1.82) is 0 Å². The maximum absolute atomic E-state index is 13.2. The van der Waals surface area contributed by atoms with Crippen LogP contribution in [0.2, 0.25) is 10.0 Å². The van der Waals surface area contributed by atoms with Gasteiger partial charge in [-0.1, -0.05) is 40.5 Å². The summed E-state index contributed by atoms with van der Waals surface area (Å²) in [6.07, 6.45) is 1.62. The van der Waals surface area contributed by atoms with Crippen LogP contribution >= 0.6 is 23.2 Å². The molecule has 9 heteroatoms. The van der Waals surface area contributed by atoms with E-state index in [2.05, 4.69) is 10.3 Å². The fourth-order valence-corrected chi connectivity index (χ4v) is 4.34. The van der Waals surface area contributed by atoms with Crippen LogP contribution in [0.25, 0.3) is 16.9 Å². The van der Waals surface area contributed by atoms with Crippen LogP contribution in [0.1, 0.15) is 26.3 Å². The van der Waals surface area contributed by atoms with Crippen LogP contribution in [0.5, 0.6) is 0 Å². The Bertz CT molecular complexity index is 1650. The second-order valence-electron chi connectivity index (χ2n) is 8.51. The van der Waals surface area contributed by atoms with Crippen molar-refractivity contribution in [3.05, 3.63) is 124 Å². The SMILES string of the molecule is CN(c1ccc(Cl)cc1)c1ccc(C(=O)c2ccc(-n3cc(-c4cccc(Cl)c4)nn3)c(C(=O)O)c2)cc1. The minimum Gasteiger partial charge on any atom is -0.478 e. The molecule has 0 spiro atoms. The molecule has 188 valence electrons. The van der Waals surface area contributed by atoms with Crippen LogP contribution in [-0.2, 0) is 0 Å². The second-order valence-corrected chi connectivity index (χ2v) is 9.38. The Kier molecular flexibility index (Phi) is 6.96. The van der Waals surface area contributed by atoms with Crippen LogP contribution < -0.4 is 4.90 Å². The lowest BCUT2D eigenvalue weighted by molar-refractivity contribution is 0.0696. The Balaban J connectivity index is 1.41. The number of carbonyl (C=O) groups excluding carboxylic acids is 1. The molecule has 0 aliphatic rings. The van der Waals surface area contributed by atoms with Crippen molar-refractivity contribution in [3.8, 4) is 16.9 Å². The lowest BCUT2D eigenvalue weighted by Gasteiger charge is -2.19. The topological polar surface area (TPSA) is 88.3 Å². The molecular formula is C29H20Cl2N4O3. The molecule has 5 rings (SSSR count). The molecule has 0 saturated heterocycles. The van der Waals surface area contributed by atoms with E-state index in [0.29, 0.717) is 21.3 Å². The number of aromatic nitrogens is 3. The second kappa shape index (κ2) is 10.5. The van der Waals surface area contributed by atoms with Crippen molar-refractivity contribution in [3.63, 3.8) is 0 Å². The molecule has 0 amide bonds. The Morgan fingerprint density at radius 3 is 2.13 bits per heavy atom. The number of carboxylic acids is 1. The molecule has 5 aromatic rings. The van der Waals surface area contributed by atoms with Crippen molar-refractivity contribution in [2.24, 2.45) is 0 Å². The number of nitrogens with zero attached hydrogens (tertiary/aromatic N) is 4. The van der Waals surface area contributed by atoms with E-state index in [9.17, 15) is 14.7 Å². The predicted octanol–water partition coefficient (Wildman–Crippen LogP) is 6.94. The van der Waals surface area contributed by atoms with Crippen molar-refractivity contribution >= 4 is 46.3 Å². The number of anilines is 2. The Hall–Kier alpha value is -4.46. The monoisotopic (exact) mass is 542 g/mol.